The van der Waals surface area contributed by atoms with Crippen molar-refractivity contribution < 1.29 is 9.53 Å². The molecule has 3 heterocycles. The van der Waals surface area contributed by atoms with Crippen molar-refractivity contribution in [2.75, 3.05) is 6.54 Å². The van der Waals surface area contributed by atoms with Gasteiger partial charge in [0.15, 0.2) is 5.69 Å². The zero-order valence-electron chi connectivity index (χ0n) is 18.2. The Morgan fingerprint density at radius 3 is 2.26 bits per heavy atom. The van der Waals surface area contributed by atoms with E-state index in [1.54, 1.807) is 11.1 Å². The highest BCUT2D eigenvalue weighted by molar-refractivity contribution is 6.29. The van der Waals surface area contributed by atoms with Crippen LogP contribution in [0.25, 0.3) is 0 Å². The van der Waals surface area contributed by atoms with E-state index < -0.39 is 11.5 Å². The number of aromatic nitrogens is 3. The number of rotatable bonds is 6. The Kier molecular flexibility index (Phi) is 6.10. The number of carbonyl (C=O) groups is 1. The lowest BCUT2D eigenvalue weighted by Gasteiger charge is -2.35. The number of nitrogens with zero attached hydrogens (tertiary/aromatic N) is 4. The molecule has 0 fully saturated rings. The van der Waals surface area contributed by atoms with Crippen LogP contribution in [0.3, 0.4) is 0 Å². The van der Waals surface area contributed by atoms with Gasteiger partial charge in [0.1, 0.15) is 12.6 Å². The van der Waals surface area contributed by atoms with Gasteiger partial charge < -0.3 is 9.64 Å². The second kappa shape index (κ2) is 9.49. The fraction of sp³-hybridized carbons (Fsp3) is 0.154. The van der Waals surface area contributed by atoms with E-state index in [-0.39, 0.29) is 29.1 Å². The maximum Gasteiger partial charge on any atom is 0.276 e. The van der Waals surface area contributed by atoms with Gasteiger partial charge in [-0.1, -0.05) is 78.3 Å². The molecule has 0 N–H and O–H groups in total. The van der Waals surface area contributed by atoms with Crippen LogP contribution in [0.4, 0.5) is 0 Å². The molecule has 1 aliphatic rings. The van der Waals surface area contributed by atoms with Crippen LogP contribution in [0.2, 0.25) is 5.15 Å². The van der Waals surface area contributed by atoms with E-state index in [9.17, 15) is 9.59 Å². The summed E-state index contributed by atoms with van der Waals surface area (Å²) in [6.07, 6.45) is 1.68. The average Bonchev–Trinajstić information content (AvgIpc) is 2.88. The molecule has 1 unspecified atom stereocenters. The lowest BCUT2D eigenvalue weighted by atomic mass is 10.1. The summed E-state index contributed by atoms with van der Waals surface area (Å²) in [5.74, 6) is -0.451. The number of benzene rings is 2. The molecule has 1 aliphatic heterocycles. The van der Waals surface area contributed by atoms with Crippen molar-refractivity contribution >= 4 is 17.5 Å². The van der Waals surface area contributed by atoms with Crippen molar-refractivity contribution in [2.24, 2.45) is 0 Å². The zero-order chi connectivity index (χ0) is 23.5. The summed E-state index contributed by atoms with van der Waals surface area (Å²) in [5, 5.41) is 4.03. The molecule has 8 heteroatoms. The first-order valence-electron chi connectivity index (χ1n) is 10.8. The molecular formula is C26H21ClN4O3. The molecule has 0 aliphatic carbocycles. The van der Waals surface area contributed by atoms with Gasteiger partial charge in [-0.3, -0.25) is 14.6 Å². The summed E-state index contributed by atoms with van der Waals surface area (Å²) < 4.78 is 7.41. The van der Waals surface area contributed by atoms with Crippen LogP contribution in [0.5, 0.6) is 5.75 Å². The van der Waals surface area contributed by atoms with Crippen molar-refractivity contribution in [1.29, 1.82) is 0 Å². The van der Waals surface area contributed by atoms with Crippen molar-refractivity contribution in [3.63, 3.8) is 0 Å². The van der Waals surface area contributed by atoms with Crippen LogP contribution >= 0.6 is 11.6 Å². The largest absolute Gasteiger partial charge is 0.482 e. The van der Waals surface area contributed by atoms with Gasteiger partial charge >= 0.3 is 0 Å². The Morgan fingerprint density at radius 1 is 0.912 bits per heavy atom. The number of fused-ring (bicyclic) bond motifs is 1. The van der Waals surface area contributed by atoms with E-state index >= 15 is 0 Å². The Morgan fingerprint density at radius 2 is 1.59 bits per heavy atom. The standard InChI is InChI=1S/C26H21ClN4O3/c27-25-23(32)24(34-17-19-11-5-2-6-12-19)22-26(33)30(15-18-9-3-1-4-10-18)16-21(31(22)29-25)20-13-7-8-14-28-20/h1-14,21H,15-17H2. The van der Waals surface area contributed by atoms with Gasteiger partial charge in [0.05, 0.1) is 5.69 Å². The summed E-state index contributed by atoms with van der Waals surface area (Å²) >= 11 is 6.23. The molecule has 0 saturated heterocycles. The average molecular weight is 473 g/mol. The normalized spacial score (nSPS) is 15.1. The van der Waals surface area contributed by atoms with Gasteiger partial charge in [0.2, 0.25) is 10.9 Å². The SMILES string of the molecule is O=C1c2c(OCc3ccccc3)c(=O)c(Cl)nn2C(c2ccccn2)CN1Cc1ccccc1. The summed E-state index contributed by atoms with van der Waals surface area (Å²) in [7, 11) is 0. The van der Waals surface area contributed by atoms with E-state index in [0.717, 1.165) is 11.1 Å². The third-order valence-electron chi connectivity index (χ3n) is 5.68. The number of hydrogen-bond donors (Lipinski definition) is 0. The van der Waals surface area contributed by atoms with Crippen LogP contribution in [-0.4, -0.2) is 32.1 Å². The molecule has 1 amide bonds. The van der Waals surface area contributed by atoms with Crippen LogP contribution in [0, 0.1) is 0 Å². The Labute approximate surface area is 201 Å². The summed E-state index contributed by atoms with van der Waals surface area (Å²) in [4.78, 5) is 32.8. The number of pyridine rings is 1. The minimum absolute atomic E-state index is 0.0724. The summed E-state index contributed by atoms with van der Waals surface area (Å²) in [6.45, 7) is 0.809. The van der Waals surface area contributed by atoms with Crippen LogP contribution in [0.1, 0.15) is 33.4 Å². The molecule has 4 aromatic rings. The fourth-order valence-electron chi connectivity index (χ4n) is 4.03. The number of hydrogen-bond acceptors (Lipinski definition) is 5. The lowest BCUT2D eigenvalue weighted by Crippen LogP contribution is -2.46. The van der Waals surface area contributed by atoms with Crippen molar-refractivity contribution in [2.45, 2.75) is 19.2 Å². The Hall–Kier alpha value is -3.97. The first-order valence-corrected chi connectivity index (χ1v) is 11.2. The molecule has 0 radical (unpaired) electrons. The van der Waals surface area contributed by atoms with Crippen LogP contribution < -0.4 is 10.2 Å². The lowest BCUT2D eigenvalue weighted by molar-refractivity contribution is 0.0644. The summed E-state index contributed by atoms with van der Waals surface area (Å²) in [6, 6.07) is 24.2. The smallest absolute Gasteiger partial charge is 0.276 e. The van der Waals surface area contributed by atoms with Crippen molar-refractivity contribution in [3.8, 4) is 5.75 Å². The maximum atomic E-state index is 13.7. The molecule has 2 aromatic carbocycles. The highest BCUT2D eigenvalue weighted by atomic mass is 35.5. The Balaban J connectivity index is 1.61. The van der Waals surface area contributed by atoms with Crippen LogP contribution in [0.15, 0.2) is 89.9 Å². The molecular weight excluding hydrogens is 452 g/mol. The quantitative estimate of drug-likeness (QED) is 0.422. The number of ether oxygens (including phenoxy) is 1. The van der Waals surface area contributed by atoms with E-state index in [4.69, 9.17) is 16.3 Å². The maximum absolute atomic E-state index is 13.7. The fourth-order valence-corrected chi connectivity index (χ4v) is 4.20. The third-order valence-corrected chi connectivity index (χ3v) is 5.93. The van der Waals surface area contributed by atoms with Gasteiger partial charge in [0.25, 0.3) is 11.3 Å². The van der Waals surface area contributed by atoms with E-state index in [1.807, 2.05) is 78.9 Å². The number of amides is 1. The highest BCUT2D eigenvalue weighted by Gasteiger charge is 2.37. The molecule has 0 bridgehead atoms. The Bertz CT molecular complexity index is 1360. The van der Waals surface area contributed by atoms with E-state index in [1.165, 1.54) is 4.68 Å². The zero-order valence-corrected chi connectivity index (χ0v) is 18.9. The van der Waals surface area contributed by atoms with E-state index in [0.29, 0.717) is 18.8 Å². The predicted molar refractivity (Wildman–Crippen MR) is 128 cm³/mol. The molecule has 170 valence electrons. The first kappa shape index (κ1) is 21.9. The number of carbonyl (C=O) groups excluding carboxylic acids is 1. The molecule has 5 rings (SSSR count). The minimum Gasteiger partial charge on any atom is -0.482 e. The molecule has 7 nitrogen and oxygen atoms in total. The minimum atomic E-state index is -0.612. The molecule has 34 heavy (non-hydrogen) atoms. The topological polar surface area (TPSA) is 77.3 Å². The molecule has 0 saturated carbocycles. The molecule has 1 atom stereocenters. The number of halogens is 1. The highest BCUT2D eigenvalue weighted by Crippen LogP contribution is 2.31. The second-order valence-electron chi connectivity index (χ2n) is 7.96. The van der Waals surface area contributed by atoms with Gasteiger partial charge in [-0.15, -0.1) is 0 Å². The summed E-state index contributed by atoms with van der Waals surface area (Å²) in [5.41, 5.74) is 2.00. The monoisotopic (exact) mass is 472 g/mol. The van der Waals surface area contributed by atoms with Gasteiger partial charge in [-0.2, -0.15) is 5.10 Å². The molecule has 2 aromatic heterocycles. The van der Waals surface area contributed by atoms with Gasteiger partial charge in [-0.05, 0) is 23.3 Å². The first-order chi connectivity index (χ1) is 16.6. The predicted octanol–water partition coefficient (Wildman–Crippen LogP) is 4.12. The van der Waals surface area contributed by atoms with Crippen molar-refractivity contribution in [3.05, 3.63) is 123 Å². The second-order valence-corrected chi connectivity index (χ2v) is 8.32. The van der Waals surface area contributed by atoms with E-state index in [2.05, 4.69) is 10.1 Å². The van der Waals surface area contributed by atoms with Gasteiger partial charge in [0, 0.05) is 19.3 Å². The van der Waals surface area contributed by atoms with Crippen LogP contribution in [-0.2, 0) is 13.2 Å². The van der Waals surface area contributed by atoms with Gasteiger partial charge in [-0.25, -0.2) is 4.68 Å². The molecule has 0 spiro atoms. The third kappa shape index (κ3) is 4.30. The van der Waals surface area contributed by atoms with Crippen molar-refractivity contribution in [1.82, 2.24) is 19.7 Å².